The number of hydrogen-bond donors (Lipinski definition) is 0. The van der Waals surface area contributed by atoms with Gasteiger partial charge < -0.3 is 9.13 Å². The average molecular weight is 789 g/mol. The van der Waals surface area contributed by atoms with E-state index in [2.05, 4.69) is 228 Å². The Morgan fingerprint density at radius 1 is 0.242 bits per heavy atom. The van der Waals surface area contributed by atoms with Crippen molar-refractivity contribution in [1.29, 1.82) is 0 Å². The normalized spacial score (nSPS) is 11.9. The molecule has 0 fully saturated rings. The first-order chi connectivity index (χ1) is 30.8. The average Bonchev–Trinajstić information content (AvgIpc) is 3.85. The van der Waals surface area contributed by atoms with Gasteiger partial charge in [-0.2, -0.15) is 0 Å². The topological polar surface area (TPSA) is 35.6 Å². The Morgan fingerprint density at radius 2 is 0.645 bits per heavy atom. The molecule has 0 spiro atoms. The second kappa shape index (κ2) is 13.6. The van der Waals surface area contributed by atoms with Gasteiger partial charge in [0.25, 0.3) is 0 Å². The summed E-state index contributed by atoms with van der Waals surface area (Å²) in [6.45, 7) is 0. The summed E-state index contributed by atoms with van der Waals surface area (Å²) in [5.74, 6) is 0. The molecule has 0 saturated carbocycles. The van der Waals surface area contributed by atoms with E-state index in [0.29, 0.717) is 0 Å². The van der Waals surface area contributed by atoms with Crippen molar-refractivity contribution in [2.75, 3.05) is 0 Å². The molecule has 4 heteroatoms. The van der Waals surface area contributed by atoms with Crippen LogP contribution >= 0.6 is 0 Å². The Bertz CT molecular complexity index is 3920. The Hall–Kier alpha value is -8.34. The molecule has 0 aliphatic rings. The van der Waals surface area contributed by atoms with Gasteiger partial charge in [-0.1, -0.05) is 164 Å². The fourth-order valence-corrected chi connectivity index (χ4v) is 9.89. The van der Waals surface area contributed by atoms with E-state index in [-0.39, 0.29) is 0 Å². The number of rotatable bonds is 5. The van der Waals surface area contributed by atoms with Crippen LogP contribution in [0, 0.1) is 0 Å². The molecule has 10 aromatic carbocycles. The molecule has 0 saturated heterocycles. The van der Waals surface area contributed by atoms with E-state index in [1.165, 1.54) is 54.4 Å². The smallest absolute Gasteiger partial charge is 0.0979 e. The van der Waals surface area contributed by atoms with Crippen LogP contribution in [0.1, 0.15) is 0 Å². The summed E-state index contributed by atoms with van der Waals surface area (Å²) in [5, 5.41) is 9.50. The molecular weight excluding hydrogens is 753 g/mol. The predicted molar refractivity (Wildman–Crippen MR) is 260 cm³/mol. The van der Waals surface area contributed by atoms with Gasteiger partial charge in [0.05, 0.1) is 44.5 Å². The van der Waals surface area contributed by atoms with Crippen LogP contribution in [0.2, 0.25) is 0 Å². The van der Waals surface area contributed by atoms with E-state index < -0.39 is 0 Å². The Kier molecular flexibility index (Phi) is 7.57. The van der Waals surface area contributed by atoms with Crippen LogP contribution in [-0.2, 0) is 0 Å². The van der Waals surface area contributed by atoms with E-state index in [1.807, 2.05) is 0 Å². The number of para-hydroxylation sites is 3. The molecule has 0 N–H and O–H groups in total. The lowest BCUT2D eigenvalue weighted by atomic mass is 9.96. The molecule has 0 aliphatic heterocycles. The summed E-state index contributed by atoms with van der Waals surface area (Å²) in [6, 6.07) is 78.4. The van der Waals surface area contributed by atoms with Crippen LogP contribution in [-0.4, -0.2) is 19.1 Å². The van der Waals surface area contributed by atoms with Gasteiger partial charge >= 0.3 is 0 Å². The highest BCUT2D eigenvalue weighted by atomic mass is 15.0. The van der Waals surface area contributed by atoms with Gasteiger partial charge in [-0.25, -0.2) is 9.97 Å². The minimum Gasteiger partial charge on any atom is -0.309 e. The molecular formula is C58H36N4. The second-order valence-electron chi connectivity index (χ2n) is 16.1. The van der Waals surface area contributed by atoms with Gasteiger partial charge in [-0.05, 0) is 76.5 Å². The van der Waals surface area contributed by atoms with Gasteiger partial charge in [0.2, 0.25) is 0 Å². The number of fused-ring (bicyclic) bond motifs is 12. The molecule has 288 valence electrons. The van der Waals surface area contributed by atoms with Crippen molar-refractivity contribution in [3.63, 3.8) is 0 Å². The fourth-order valence-electron chi connectivity index (χ4n) is 9.89. The molecule has 62 heavy (non-hydrogen) atoms. The first-order valence-electron chi connectivity index (χ1n) is 21.2. The van der Waals surface area contributed by atoms with Crippen LogP contribution in [0.15, 0.2) is 218 Å². The maximum absolute atomic E-state index is 5.56. The molecule has 0 unspecified atom stereocenters. The molecule has 0 amide bonds. The van der Waals surface area contributed by atoms with Crippen molar-refractivity contribution < 1.29 is 0 Å². The fraction of sp³-hybridized carbons (Fsp3) is 0. The van der Waals surface area contributed by atoms with Gasteiger partial charge in [0.15, 0.2) is 0 Å². The predicted octanol–water partition coefficient (Wildman–Crippen LogP) is 15.1. The van der Waals surface area contributed by atoms with Gasteiger partial charge in [0, 0.05) is 54.8 Å². The van der Waals surface area contributed by atoms with Crippen molar-refractivity contribution in [2.24, 2.45) is 0 Å². The number of aromatic nitrogens is 4. The Balaban J connectivity index is 1.01. The van der Waals surface area contributed by atoms with Crippen molar-refractivity contribution in [3.05, 3.63) is 218 Å². The number of hydrogen-bond acceptors (Lipinski definition) is 2. The monoisotopic (exact) mass is 788 g/mol. The van der Waals surface area contributed by atoms with Gasteiger partial charge in [-0.15, -0.1) is 0 Å². The lowest BCUT2D eigenvalue weighted by molar-refractivity contribution is 1.17. The molecule has 4 nitrogen and oxygen atoms in total. The molecule has 0 radical (unpaired) electrons. The largest absolute Gasteiger partial charge is 0.309 e. The van der Waals surface area contributed by atoms with Crippen molar-refractivity contribution in [3.8, 4) is 45.0 Å². The quantitative estimate of drug-likeness (QED) is 0.163. The summed E-state index contributed by atoms with van der Waals surface area (Å²) >= 11 is 0. The Morgan fingerprint density at radius 3 is 1.24 bits per heavy atom. The standard InChI is InChI=1S/C58H36N4/c1-3-17-37(18-4-1)55-56(60-58-48-30-10-8-26-44(48)43-25-7-9-29-47(43)57(58)59-55)40-21-15-19-38(33-40)39-20-16-24-42(34-39)62-52-32-14-12-28-46(52)50-35-53-49(36-54(50)62)45-27-11-13-31-51(45)61(53)41-22-5-2-6-23-41/h1-36H. The molecule has 3 aromatic heterocycles. The lowest BCUT2D eigenvalue weighted by Crippen LogP contribution is -1.98. The van der Waals surface area contributed by atoms with E-state index in [0.717, 1.165) is 66.8 Å². The number of nitrogens with zero attached hydrogens (tertiary/aromatic N) is 4. The highest BCUT2D eigenvalue weighted by Crippen LogP contribution is 2.42. The van der Waals surface area contributed by atoms with Crippen molar-refractivity contribution >= 4 is 76.2 Å². The zero-order valence-corrected chi connectivity index (χ0v) is 33.6. The Labute approximate surface area is 357 Å². The molecule has 0 aliphatic carbocycles. The highest BCUT2D eigenvalue weighted by molar-refractivity contribution is 6.24. The second-order valence-corrected chi connectivity index (χ2v) is 16.1. The maximum Gasteiger partial charge on any atom is 0.0979 e. The number of benzene rings is 10. The molecule has 3 heterocycles. The lowest BCUT2D eigenvalue weighted by Gasteiger charge is -2.15. The van der Waals surface area contributed by atoms with E-state index in [4.69, 9.17) is 9.97 Å². The summed E-state index contributed by atoms with van der Waals surface area (Å²) in [7, 11) is 0. The third-order valence-electron chi connectivity index (χ3n) is 12.7. The van der Waals surface area contributed by atoms with Crippen LogP contribution in [0.3, 0.4) is 0 Å². The molecule has 0 bridgehead atoms. The minimum atomic E-state index is 0.864. The van der Waals surface area contributed by atoms with Gasteiger partial charge in [0.1, 0.15) is 0 Å². The first-order valence-corrected chi connectivity index (χ1v) is 21.2. The minimum absolute atomic E-state index is 0.864. The van der Waals surface area contributed by atoms with Crippen LogP contribution in [0.4, 0.5) is 0 Å². The summed E-state index contributed by atoms with van der Waals surface area (Å²) in [4.78, 5) is 11.1. The van der Waals surface area contributed by atoms with E-state index in [9.17, 15) is 0 Å². The SMILES string of the molecule is c1ccc(-c2nc3c4ccccc4c4ccccc4c3nc2-c2cccc(-c3cccc(-n4c5ccccc5c5cc6c(cc54)c4ccccc4n6-c4ccccc4)c3)c2)cc1. The van der Waals surface area contributed by atoms with Crippen LogP contribution < -0.4 is 0 Å². The summed E-state index contributed by atoms with van der Waals surface area (Å²) < 4.78 is 4.83. The van der Waals surface area contributed by atoms with Crippen LogP contribution in [0.5, 0.6) is 0 Å². The summed E-state index contributed by atoms with van der Waals surface area (Å²) in [5.41, 5.74) is 14.9. The highest BCUT2D eigenvalue weighted by Gasteiger charge is 2.21. The van der Waals surface area contributed by atoms with Crippen molar-refractivity contribution in [1.82, 2.24) is 19.1 Å². The third-order valence-corrected chi connectivity index (χ3v) is 12.7. The van der Waals surface area contributed by atoms with Crippen LogP contribution in [0.25, 0.3) is 121 Å². The van der Waals surface area contributed by atoms with E-state index >= 15 is 0 Å². The third kappa shape index (κ3) is 5.20. The van der Waals surface area contributed by atoms with Gasteiger partial charge in [-0.3, -0.25) is 0 Å². The first kappa shape index (κ1) is 34.5. The molecule has 13 rings (SSSR count). The van der Waals surface area contributed by atoms with Crippen molar-refractivity contribution in [2.45, 2.75) is 0 Å². The summed E-state index contributed by atoms with van der Waals surface area (Å²) in [6.07, 6.45) is 0. The maximum atomic E-state index is 5.56. The zero-order valence-electron chi connectivity index (χ0n) is 33.6. The zero-order chi connectivity index (χ0) is 40.7. The molecule has 0 atom stereocenters. The molecule has 13 aromatic rings. The van der Waals surface area contributed by atoms with E-state index in [1.54, 1.807) is 0 Å².